The van der Waals surface area contributed by atoms with Crippen molar-refractivity contribution >= 4 is 5.78 Å². The van der Waals surface area contributed by atoms with Crippen molar-refractivity contribution in [1.29, 1.82) is 0 Å². The topological polar surface area (TPSA) is 44.1 Å². The highest BCUT2D eigenvalue weighted by molar-refractivity contribution is 5.83. The van der Waals surface area contributed by atoms with E-state index >= 15 is 0 Å². The molecule has 1 aromatic heterocycles. The minimum atomic E-state index is -0.173. The Morgan fingerprint density at radius 3 is 2.94 bits per heavy atom. The first-order valence-electron chi connectivity index (χ1n) is 5.74. The average molecular weight is 222 g/mol. The zero-order chi connectivity index (χ0) is 11.5. The third-order valence-corrected chi connectivity index (χ3v) is 3.17. The predicted octanol–water partition coefficient (Wildman–Crippen LogP) is 1.35. The Kier molecular flexibility index (Phi) is 3.39. The second-order valence-corrected chi connectivity index (χ2v) is 4.41. The normalized spacial score (nSPS) is 17.4. The highest BCUT2D eigenvalue weighted by atomic mass is 16.5. The van der Waals surface area contributed by atoms with E-state index in [4.69, 9.17) is 4.74 Å². The SMILES string of the molecule is COC(C(=O)CCc1ccnn1C)C1CC1. The molecule has 4 heteroatoms. The van der Waals surface area contributed by atoms with Gasteiger partial charge in [0.15, 0.2) is 5.78 Å². The standard InChI is InChI=1S/C12H18N2O2/c1-14-10(7-8-13-14)5-6-11(15)12(16-2)9-3-4-9/h7-9,12H,3-6H2,1-2H3. The Balaban J connectivity index is 1.85. The number of hydrogen-bond acceptors (Lipinski definition) is 3. The minimum Gasteiger partial charge on any atom is -0.373 e. The second kappa shape index (κ2) is 4.78. The molecule has 1 aromatic rings. The van der Waals surface area contributed by atoms with Crippen LogP contribution in [0.4, 0.5) is 0 Å². The van der Waals surface area contributed by atoms with Crippen molar-refractivity contribution in [2.45, 2.75) is 31.8 Å². The summed E-state index contributed by atoms with van der Waals surface area (Å²) >= 11 is 0. The molecule has 1 aliphatic rings. The van der Waals surface area contributed by atoms with E-state index in [1.807, 2.05) is 17.8 Å². The van der Waals surface area contributed by atoms with Gasteiger partial charge in [0.1, 0.15) is 6.10 Å². The molecule has 88 valence electrons. The molecule has 0 radical (unpaired) electrons. The molecule has 1 fully saturated rings. The lowest BCUT2D eigenvalue weighted by atomic mass is 10.1. The molecular weight excluding hydrogens is 204 g/mol. The van der Waals surface area contributed by atoms with E-state index in [1.54, 1.807) is 13.3 Å². The van der Waals surface area contributed by atoms with Gasteiger partial charge >= 0.3 is 0 Å². The number of nitrogens with zero attached hydrogens (tertiary/aromatic N) is 2. The van der Waals surface area contributed by atoms with Crippen molar-refractivity contribution in [3.05, 3.63) is 18.0 Å². The van der Waals surface area contributed by atoms with Gasteiger partial charge in [0.25, 0.3) is 0 Å². The predicted molar refractivity (Wildman–Crippen MR) is 60.1 cm³/mol. The maximum atomic E-state index is 11.9. The number of ether oxygens (including phenoxy) is 1. The summed E-state index contributed by atoms with van der Waals surface area (Å²) in [5.41, 5.74) is 1.10. The lowest BCUT2D eigenvalue weighted by Gasteiger charge is -2.12. The molecule has 0 N–H and O–H groups in total. The van der Waals surface area contributed by atoms with Crippen LogP contribution in [0.3, 0.4) is 0 Å². The van der Waals surface area contributed by atoms with Crippen LogP contribution < -0.4 is 0 Å². The quantitative estimate of drug-likeness (QED) is 0.729. The fraction of sp³-hybridized carbons (Fsp3) is 0.667. The van der Waals surface area contributed by atoms with Gasteiger partial charge in [-0.15, -0.1) is 0 Å². The van der Waals surface area contributed by atoms with Crippen LogP contribution in [-0.2, 0) is 23.0 Å². The Morgan fingerprint density at radius 2 is 2.44 bits per heavy atom. The summed E-state index contributed by atoms with van der Waals surface area (Å²) in [4.78, 5) is 11.9. The molecule has 1 unspecified atom stereocenters. The molecule has 0 aliphatic heterocycles. The number of methoxy groups -OCH3 is 1. The third-order valence-electron chi connectivity index (χ3n) is 3.17. The maximum absolute atomic E-state index is 11.9. The number of ketones is 1. The van der Waals surface area contributed by atoms with E-state index in [-0.39, 0.29) is 11.9 Å². The van der Waals surface area contributed by atoms with Crippen molar-refractivity contribution in [2.24, 2.45) is 13.0 Å². The number of rotatable bonds is 6. The fourth-order valence-corrected chi connectivity index (χ4v) is 2.03. The van der Waals surface area contributed by atoms with Crippen LogP contribution in [0.2, 0.25) is 0 Å². The molecule has 1 atom stereocenters. The van der Waals surface area contributed by atoms with Crippen molar-refractivity contribution in [2.75, 3.05) is 7.11 Å². The molecule has 0 bridgehead atoms. The molecule has 0 aromatic carbocycles. The van der Waals surface area contributed by atoms with E-state index in [2.05, 4.69) is 5.10 Å². The number of carbonyl (C=O) groups is 1. The monoisotopic (exact) mass is 222 g/mol. The number of carbonyl (C=O) groups excluding carboxylic acids is 1. The smallest absolute Gasteiger partial charge is 0.162 e. The lowest BCUT2D eigenvalue weighted by Crippen LogP contribution is -2.25. The van der Waals surface area contributed by atoms with Crippen LogP contribution in [0.1, 0.15) is 25.0 Å². The van der Waals surface area contributed by atoms with Gasteiger partial charge in [-0.2, -0.15) is 5.10 Å². The summed E-state index contributed by atoms with van der Waals surface area (Å²) in [5, 5.41) is 4.08. The van der Waals surface area contributed by atoms with E-state index in [9.17, 15) is 4.79 Å². The molecule has 0 amide bonds. The van der Waals surface area contributed by atoms with Gasteiger partial charge in [-0.3, -0.25) is 9.48 Å². The Labute approximate surface area is 95.6 Å². The van der Waals surface area contributed by atoms with Crippen LogP contribution in [0, 0.1) is 5.92 Å². The largest absolute Gasteiger partial charge is 0.373 e. The van der Waals surface area contributed by atoms with Gasteiger partial charge < -0.3 is 4.74 Å². The van der Waals surface area contributed by atoms with Crippen LogP contribution in [-0.4, -0.2) is 28.8 Å². The Hall–Kier alpha value is -1.16. The minimum absolute atomic E-state index is 0.173. The summed E-state index contributed by atoms with van der Waals surface area (Å²) in [7, 11) is 3.53. The van der Waals surface area contributed by atoms with Gasteiger partial charge in [0, 0.05) is 32.5 Å². The van der Waals surface area contributed by atoms with Crippen LogP contribution >= 0.6 is 0 Å². The zero-order valence-electron chi connectivity index (χ0n) is 9.85. The van der Waals surface area contributed by atoms with Crippen molar-refractivity contribution in [3.63, 3.8) is 0 Å². The zero-order valence-corrected chi connectivity index (χ0v) is 9.85. The van der Waals surface area contributed by atoms with E-state index in [0.29, 0.717) is 12.3 Å². The Bertz CT molecular complexity index is 369. The van der Waals surface area contributed by atoms with E-state index in [1.165, 1.54) is 0 Å². The molecule has 16 heavy (non-hydrogen) atoms. The van der Waals surface area contributed by atoms with Crippen LogP contribution in [0.5, 0.6) is 0 Å². The number of hydrogen-bond donors (Lipinski definition) is 0. The summed E-state index contributed by atoms with van der Waals surface area (Å²) in [6, 6.07) is 1.95. The van der Waals surface area contributed by atoms with Gasteiger partial charge in [0.05, 0.1) is 0 Å². The highest BCUT2D eigenvalue weighted by Crippen LogP contribution is 2.35. The molecule has 4 nitrogen and oxygen atoms in total. The van der Waals surface area contributed by atoms with E-state index in [0.717, 1.165) is 25.0 Å². The fourth-order valence-electron chi connectivity index (χ4n) is 2.03. The van der Waals surface area contributed by atoms with Gasteiger partial charge in [-0.05, 0) is 31.2 Å². The van der Waals surface area contributed by atoms with Crippen molar-refractivity contribution < 1.29 is 9.53 Å². The first-order valence-corrected chi connectivity index (χ1v) is 5.74. The summed E-state index contributed by atoms with van der Waals surface area (Å²) < 4.78 is 7.08. The molecule has 1 heterocycles. The lowest BCUT2D eigenvalue weighted by molar-refractivity contribution is -0.129. The molecule has 2 rings (SSSR count). The number of Topliss-reactive ketones (excluding diaryl/α,β-unsaturated/α-hetero) is 1. The number of aromatic nitrogens is 2. The first kappa shape index (κ1) is 11.3. The summed E-state index contributed by atoms with van der Waals surface area (Å²) in [5.74, 6) is 0.704. The molecule has 1 saturated carbocycles. The third kappa shape index (κ3) is 2.50. The number of aryl methyl sites for hydroxylation is 2. The van der Waals surface area contributed by atoms with Gasteiger partial charge in [0.2, 0.25) is 0 Å². The van der Waals surface area contributed by atoms with Crippen molar-refractivity contribution in [3.8, 4) is 0 Å². The Morgan fingerprint density at radius 1 is 1.69 bits per heavy atom. The molecular formula is C12H18N2O2. The molecule has 0 spiro atoms. The first-order chi connectivity index (χ1) is 7.72. The second-order valence-electron chi connectivity index (χ2n) is 4.41. The van der Waals surface area contributed by atoms with Crippen LogP contribution in [0.15, 0.2) is 12.3 Å². The average Bonchev–Trinajstić information content (AvgIpc) is 3.01. The maximum Gasteiger partial charge on any atom is 0.162 e. The molecule has 0 saturated heterocycles. The summed E-state index contributed by atoms with van der Waals surface area (Å²) in [6.07, 6.45) is 5.16. The highest BCUT2D eigenvalue weighted by Gasteiger charge is 2.35. The summed E-state index contributed by atoms with van der Waals surface area (Å²) in [6.45, 7) is 0. The van der Waals surface area contributed by atoms with Crippen molar-refractivity contribution in [1.82, 2.24) is 9.78 Å². The molecule has 1 aliphatic carbocycles. The van der Waals surface area contributed by atoms with Gasteiger partial charge in [-0.1, -0.05) is 0 Å². The van der Waals surface area contributed by atoms with Crippen LogP contribution in [0.25, 0.3) is 0 Å². The van der Waals surface area contributed by atoms with E-state index < -0.39 is 0 Å². The van der Waals surface area contributed by atoms with Gasteiger partial charge in [-0.25, -0.2) is 0 Å².